The monoisotopic (exact) mass is 193 g/mol. The van der Waals surface area contributed by atoms with Crippen LogP contribution in [0.25, 0.3) is 0 Å². The largest absolute Gasteiger partial charge is 0.384 e. The molecule has 0 aliphatic carbocycles. The lowest BCUT2D eigenvalue weighted by molar-refractivity contribution is 0.229. The number of benzene rings is 1. The number of aliphatic hydroxyl groups excluding tert-OH is 1. The Bertz CT molecular complexity index is 368. The Morgan fingerprint density at radius 1 is 1.62 bits per heavy atom. The van der Waals surface area contributed by atoms with E-state index in [4.69, 9.17) is 16.9 Å². The van der Waals surface area contributed by atoms with Crippen molar-refractivity contribution in [1.29, 1.82) is 5.26 Å². The van der Waals surface area contributed by atoms with Crippen LogP contribution < -0.4 is 0 Å². The van der Waals surface area contributed by atoms with Crippen molar-refractivity contribution in [2.45, 2.75) is 6.10 Å². The van der Waals surface area contributed by atoms with Gasteiger partial charge in [-0.15, -0.1) is 6.58 Å². The van der Waals surface area contributed by atoms with Crippen LogP contribution in [0.2, 0.25) is 5.02 Å². The summed E-state index contributed by atoms with van der Waals surface area (Å²) in [4.78, 5) is 0. The predicted molar refractivity (Wildman–Crippen MR) is 51.3 cm³/mol. The number of hydrogen-bond acceptors (Lipinski definition) is 2. The zero-order valence-electron chi connectivity index (χ0n) is 6.87. The van der Waals surface area contributed by atoms with E-state index in [0.717, 1.165) is 0 Å². The fourth-order valence-electron chi connectivity index (χ4n) is 0.992. The smallest absolute Gasteiger partial charge is 0.101 e. The van der Waals surface area contributed by atoms with E-state index < -0.39 is 6.10 Å². The topological polar surface area (TPSA) is 44.0 Å². The summed E-state index contributed by atoms with van der Waals surface area (Å²) in [5.41, 5.74) is 0.871. The molecule has 0 saturated heterocycles. The van der Waals surface area contributed by atoms with Gasteiger partial charge in [-0.2, -0.15) is 5.26 Å². The van der Waals surface area contributed by atoms with Gasteiger partial charge in [0.25, 0.3) is 0 Å². The van der Waals surface area contributed by atoms with Crippen LogP contribution in [0, 0.1) is 11.3 Å². The van der Waals surface area contributed by atoms with Crippen molar-refractivity contribution >= 4 is 11.6 Å². The number of nitriles is 1. The van der Waals surface area contributed by atoms with Crippen LogP contribution in [0.3, 0.4) is 0 Å². The van der Waals surface area contributed by atoms with E-state index in [2.05, 4.69) is 6.58 Å². The lowest BCUT2D eigenvalue weighted by Gasteiger charge is -2.08. The minimum absolute atomic E-state index is 0.289. The highest BCUT2D eigenvalue weighted by atomic mass is 35.5. The first-order valence-corrected chi connectivity index (χ1v) is 4.07. The van der Waals surface area contributed by atoms with Crippen LogP contribution in [0.5, 0.6) is 0 Å². The molecule has 0 amide bonds. The van der Waals surface area contributed by atoms with Gasteiger partial charge in [-0.3, -0.25) is 0 Å². The third kappa shape index (κ3) is 1.89. The first-order valence-electron chi connectivity index (χ1n) is 3.70. The zero-order valence-corrected chi connectivity index (χ0v) is 7.62. The molecule has 2 nitrogen and oxygen atoms in total. The Hall–Kier alpha value is -1.30. The van der Waals surface area contributed by atoms with Gasteiger partial charge in [0.2, 0.25) is 0 Å². The summed E-state index contributed by atoms with van der Waals surface area (Å²) < 4.78 is 0. The van der Waals surface area contributed by atoms with Gasteiger partial charge in [-0.25, -0.2) is 0 Å². The zero-order chi connectivity index (χ0) is 9.84. The molecule has 0 saturated carbocycles. The van der Waals surface area contributed by atoms with Crippen molar-refractivity contribution in [2.24, 2.45) is 0 Å². The van der Waals surface area contributed by atoms with Gasteiger partial charge in [0.15, 0.2) is 0 Å². The molecular formula is C10H8ClNO. The molecule has 0 radical (unpaired) electrons. The Morgan fingerprint density at radius 3 is 2.85 bits per heavy atom. The standard InChI is InChI=1S/C10H8ClNO/c1-2-9(13)8-5-3-4-7(6-12)10(8)11/h2-5,9,13H,1H2. The van der Waals surface area contributed by atoms with Gasteiger partial charge in [0.05, 0.1) is 16.7 Å². The maximum atomic E-state index is 9.42. The minimum atomic E-state index is -0.819. The average Bonchev–Trinajstić information content (AvgIpc) is 2.17. The maximum absolute atomic E-state index is 9.42. The molecule has 0 aliphatic heterocycles. The van der Waals surface area contributed by atoms with E-state index in [1.165, 1.54) is 6.08 Å². The highest BCUT2D eigenvalue weighted by Crippen LogP contribution is 2.26. The molecule has 1 unspecified atom stereocenters. The molecule has 1 aromatic rings. The molecule has 3 heteroatoms. The van der Waals surface area contributed by atoms with Crippen molar-refractivity contribution in [3.63, 3.8) is 0 Å². The van der Waals surface area contributed by atoms with Crippen molar-refractivity contribution in [3.05, 3.63) is 47.0 Å². The minimum Gasteiger partial charge on any atom is -0.384 e. The summed E-state index contributed by atoms with van der Waals surface area (Å²) in [6.07, 6.45) is 0.545. The normalized spacial score (nSPS) is 11.8. The van der Waals surface area contributed by atoms with Gasteiger partial charge in [-0.1, -0.05) is 29.8 Å². The first-order chi connectivity index (χ1) is 6.20. The molecular weight excluding hydrogens is 186 g/mol. The van der Waals surface area contributed by atoms with Crippen LogP contribution in [0.4, 0.5) is 0 Å². The second kappa shape index (κ2) is 4.08. The van der Waals surface area contributed by atoms with Crippen LogP contribution in [0.1, 0.15) is 17.2 Å². The fraction of sp³-hybridized carbons (Fsp3) is 0.100. The van der Waals surface area contributed by atoms with E-state index in [1.54, 1.807) is 18.2 Å². The highest BCUT2D eigenvalue weighted by molar-refractivity contribution is 6.32. The summed E-state index contributed by atoms with van der Waals surface area (Å²) in [6, 6.07) is 6.87. The molecule has 0 aliphatic rings. The van der Waals surface area contributed by atoms with E-state index in [9.17, 15) is 5.11 Å². The molecule has 13 heavy (non-hydrogen) atoms. The summed E-state index contributed by atoms with van der Waals surface area (Å²) in [5, 5.41) is 18.4. The molecule has 0 heterocycles. The SMILES string of the molecule is C=CC(O)c1cccc(C#N)c1Cl. The highest BCUT2D eigenvalue weighted by Gasteiger charge is 2.10. The van der Waals surface area contributed by atoms with Crippen LogP contribution in [-0.2, 0) is 0 Å². The summed E-state index contributed by atoms with van der Waals surface area (Å²) in [7, 11) is 0. The van der Waals surface area contributed by atoms with Crippen molar-refractivity contribution in [2.75, 3.05) is 0 Å². The molecule has 0 bridgehead atoms. The molecule has 1 aromatic carbocycles. The lowest BCUT2D eigenvalue weighted by Crippen LogP contribution is -1.94. The number of halogens is 1. The maximum Gasteiger partial charge on any atom is 0.101 e. The van der Waals surface area contributed by atoms with Crippen LogP contribution >= 0.6 is 11.6 Å². The molecule has 0 fully saturated rings. The second-order valence-electron chi connectivity index (χ2n) is 2.50. The number of hydrogen-bond donors (Lipinski definition) is 1. The first kappa shape index (κ1) is 9.79. The van der Waals surface area contributed by atoms with Crippen molar-refractivity contribution in [1.82, 2.24) is 0 Å². The quantitative estimate of drug-likeness (QED) is 0.734. The Labute approximate surface area is 81.7 Å². The van der Waals surface area contributed by atoms with E-state index in [-0.39, 0.29) is 5.02 Å². The van der Waals surface area contributed by atoms with E-state index in [1.807, 2.05) is 6.07 Å². The number of aliphatic hydroxyl groups is 1. The van der Waals surface area contributed by atoms with Gasteiger partial charge in [-0.05, 0) is 6.07 Å². The number of rotatable bonds is 2. The molecule has 1 N–H and O–H groups in total. The number of nitrogens with zero attached hydrogens (tertiary/aromatic N) is 1. The van der Waals surface area contributed by atoms with Gasteiger partial charge in [0, 0.05) is 5.56 Å². The van der Waals surface area contributed by atoms with Crippen molar-refractivity contribution in [3.8, 4) is 6.07 Å². The fourth-order valence-corrected chi connectivity index (χ4v) is 1.27. The Kier molecular flexibility index (Phi) is 3.07. The molecule has 1 atom stereocenters. The van der Waals surface area contributed by atoms with Gasteiger partial charge in [0.1, 0.15) is 6.07 Å². The lowest BCUT2D eigenvalue weighted by atomic mass is 10.1. The molecule has 0 aromatic heterocycles. The Balaban J connectivity index is 3.25. The van der Waals surface area contributed by atoms with Crippen LogP contribution in [-0.4, -0.2) is 5.11 Å². The second-order valence-corrected chi connectivity index (χ2v) is 2.88. The average molecular weight is 194 g/mol. The van der Waals surface area contributed by atoms with Crippen LogP contribution in [0.15, 0.2) is 30.9 Å². The van der Waals surface area contributed by atoms with Gasteiger partial charge >= 0.3 is 0 Å². The third-order valence-electron chi connectivity index (χ3n) is 1.69. The molecule has 0 spiro atoms. The van der Waals surface area contributed by atoms with E-state index >= 15 is 0 Å². The summed E-state index contributed by atoms with van der Waals surface area (Å²) in [6.45, 7) is 3.44. The Morgan fingerprint density at radius 2 is 2.31 bits per heavy atom. The van der Waals surface area contributed by atoms with Gasteiger partial charge < -0.3 is 5.11 Å². The summed E-state index contributed by atoms with van der Waals surface area (Å²) in [5.74, 6) is 0. The summed E-state index contributed by atoms with van der Waals surface area (Å²) >= 11 is 5.85. The third-order valence-corrected chi connectivity index (χ3v) is 2.11. The predicted octanol–water partition coefficient (Wildman–Crippen LogP) is 2.43. The van der Waals surface area contributed by atoms with Crippen molar-refractivity contribution < 1.29 is 5.11 Å². The molecule has 66 valence electrons. The van der Waals surface area contributed by atoms with E-state index in [0.29, 0.717) is 11.1 Å². The molecule has 1 rings (SSSR count).